The summed E-state index contributed by atoms with van der Waals surface area (Å²) >= 11 is 0. The number of nitrogens with zero attached hydrogens (tertiary/aromatic N) is 4. The zero-order valence-electron chi connectivity index (χ0n) is 18.9. The third-order valence-electron chi connectivity index (χ3n) is 6.15. The van der Waals surface area contributed by atoms with Crippen molar-refractivity contribution >= 4 is 16.9 Å². The highest BCUT2D eigenvalue weighted by Crippen LogP contribution is 2.27. The number of ether oxygens (including phenoxy) is 3. The third-order valence-corrected chi connectivity index (χ3v) is 6.15. The molecule has 33 heavy (non-hydrogen) atoms. The van der Waals surface area contributed by atoms with Crippen LogP contribution in [0.15, 0.2) is 36.8 Å². The lowest BCUT2D eigenvalue weighted by atomic mass is 10.0. The predicted octanol–water partition coefficient (Wildman–Crippen LogP) is 2.68. The minimum atomic E-state index is -0.310. The van der Waals surface area contributed by atoms with E-state index in [1.54, 1.807) is 18.6 Å². The summed E-state index contributed by atoms with van der Waals surface area (Å²) in [5, 5.41) is 6.82. The standard InChI is InChI=1S/C24H30N6O3/c1-24(15-25-8-11-33-24)16-29-23-22-20(26-6-7-27-22)12-19(30-23)18-2-3-21(28-13-18)32-14-17-4-9-31-10-5-17/h2-3,6-7,12-13,17,25H,4-5,8-11,14-16H2,1H3,(H,29,30). The molecule has 0 aliphatic carbocycles. The molecule has 0 amide bonds. The fourth-order valence-corrected chi connectivity index (χ4v) is 4.13. The van der Waals surface area contributed by atoms with Gasteiger partial charge in [-0.1, -0.05) is 0 Å². The Morgan fingerprint density at radius 2 is 2.03 bits per heavy atom. The Morgan fingerprint density at radius 1 is 1.15 bits per heavy atom. The van der Waals surface area contributed by atoms with Crippen LogP contribution >= 0.6 is 0 Å². The summed E-state index contributed by atoms with van der Waals surface area (Å²) in [7, 11) is 0. The molecule has 2 saturated heterocycles. The van der Waals surface area contributed by atoms with Gasteiger partial charge in [-0.2, -0.15) is 0 Å². The smallest absolute Gasteiger partial charge is 0.213 e. The molecule has 1 atom stereocenters. The first-order chi connectivity index (χ1) is 16.2. The molecule has 0 radical (unpaired) electrons. The van der Waals surface area contributed by atoms with Crippen molar-refractivity contribution in [2.24, 2.45) is 5.92 Å². The summed E-state index contributed by atoms with van der Waals surface area (Å²) in [4.78, 5) is 18.3. The van der Waals surface area contributed by atoms with Crippen LogP contribution in [0.4, 0.5) is 5.82 Å². The van der Waals surface area contributed by atoms with Gasteiger partial charge in [0.05, 0.1) is 30.0 Å². The summed E-state index contributed by atoms with van der Waals surface area (Å²) < 4.78 is 17.3. The van der Waals surface area contributed by atoms with Crippen LogP contribution in [0.1, 0.15) is 19.8 Å². The van der Waals surface area contributed by atoms with Crippen LogP contribution in [0, 0.1) is 5.92 Å². The number of hydrogen-bond donors (Lipinski definition) is 2. The van der Waals surface area contributed by atoms with E-state index in [0.29, 0.717) is 37.4 Å². The van der Waals surface area contributed by atoms with Gasteiger partial charge in [0.25, 0.3) is 0 Å². The molecular formula is C24H30N6O3. The molecule has 9 heteroatoms. The van der Waals surface area contributed by atoms with Crippen LogP contribution in [-0.4, -0.2) is 71.6 Å². The molecule has 2 fully saturated rings. The maximum Gasteiger partial charge on any atom is 0.213 e. The van der Waals surface area contributed by atoms with Gasteiger partial charge in [0.1, 0.15) is 5.52 Å². The lowest BCUT2D eigenvalue weighted by molar-refractivity contribution is -0.0425. The Morgan fingerprint density at radius 3 is 2.82 bits per heavy atom. The number of nitrogens with one attached hydrogen (secondary N) is 2. The third kappa shape index (κ3) is 5.38. The van der Waals surface area contributed by atoms with Gasteiger partial charge in [-0.3, -0.25) is 4.98 Å². The first-order valence-electron chi connectivity index (χ1n) is 11.6. The van der Waals surface area contributed by atoms with Crippen LogP contribution < -0.4 is 15.4 Å². The lowest BCUT2D eigenvalue weighted by Gasteiger charge is -2.34. The van der Waals surface area contributed by atoms with Gasteiger partial charge in [-0.15, -0.1) is 0 Å². The van der Waals surface area contributed by atoms with Crippen LogP contribution in [0.5, 0.6) is 5.88 Å². The quantitative estimate of drug-likeness (QED) is 0.562. The molecule has 0 bridgehead atoms. The van der Waals surface area contributed by atoms with Crippen molar-refractivity contribution in [1.29, 1.82) is 0 Å². The van der Waals surface area contributed by atoms with E-state index in [9.17, 15) is 0 Å². The molecule has 1 unspecified atom stereocenters. The molecule has 2 aliphatic heterocycles. The van der Waals surface area contributed by atoms with Crippen LogP contribution in [0.25, 0.3) is 22.3 Å². The van der Waals surface area contributed by atoms with Gasteiger partial charge >= 0.3 is 0 Å². The summed E-state index contributed by atoms with van der Waals surface area (Å²) in [6, 6.07) is 5.82. The zero-order valence-corrected chi connectivity index (χ0v) is 18.9. The summed E-state index contributed by atoms with van der Waals surface area (Å²) in [5.74, 6) is 1.84. The molecule has 174 valence electrons. The molecule has 3 aromatic rings. The highest BCUT2D eigenvalue weighted by atomic mass is 16.5. The number of fused-ring (bicyclic) bond motifs is 1. The summed E-state index contributed by atoms with van der Waals surface area (Å²) in [6.07, 6.45) is 7.24. The second-order valence-corrected chi connectivity index (χ2v) is 8.86. The van der Waals surface area contributed by atoms with Gasteiger partial charge < -0.3 is 24.8 Å². The first-order valence-corrected chi connectivity index (χ1v) is 11.6. The SMILES string of the molecule is CC1(CNc2nc(-c3ccc(OCC4CCOCC4)nc3)cc3nccnc23)CNCCO1. The Balaban J connectivity index is 1.33. The summed E-state index contributed by atoms with van der Waals surface area (Å²) in [5.41, 5.74) is 2.87. The van der Waals surface area contributed by atoms with Gasteiger partial charge in [0.2, 0.25) is 5.88 Å². The topological polar surface area (TPSA) is 103 Å². The van der Waals surface area contributed by atoms with E-state index < -0.39 is 0 Å². The second-order valence-electron chi connectivity index (χ2n) is 8.86. The van der Waals surface area contributed by atoms with Crippen molar-refractivity contribution in [2.45, 2.75) is 25.4 Å². The van der Waals surface area contributed by atoms with Crippen molar-refractivity contribution < 1.29 is 14.2 Å². The molecule has 9 nitrogen and oxygen atoms in total. The number of pyridine rings is 2. The number of morpholine rings is 1. The van der Waals surface area contributed by atoms with E-state index in [1.165, 1.54) is 0 Å². The Kier molecular flexibility index (Phi) is 6.61. The molecule has 0 saturated carbocycles. The van der Waals surface area contributed by atoms with E-state index in [-0.39, 0.29) is 5.60 Å². The number of hydrogen-bond acceptors (Lipinski definition) is 9. The highest BCUT2D eigenvalue weighted by Gasteiger charge is 2.28. The molecular weight excluding hydrogens is 420 g/mol. The van der Waals surface area contributed by atoms with Gasteiger partial charge in [-0.05, 0) is 37.8 Å². The van der Waals surface area contributed by atoms with Crippen molar-refractivity contribution in [1.82, 2.24) is 25.3 Å². The summed E-state index contributed by atoms with van der Waals surface area (Å²) in [6.45, 7) is 7.35. The molecule has 0 aromatic carbocycles. The average molecular weight is 451 g/mol. The van der Waals surface area contributed by atoms with E-state index in [4.69, 9.17) is 19.2 Å². The number of aromatic nitrogens is 4. The van der Waals surface area contributed by atoms with Gasteiger partial charge in [0, 0.05) is 63.1 Å². The molecule has 2 N–H and O–H groups in total. The molecule has 5 heterocycles. The highest BCUT2D eigenvalue weighted by molar-refractivity contribution is 5.88. The van der Waals surface area contributed by atoms with Crippen LogP contribution in [0.2, 0.25) is 0 Å². The van der Waals surface area contributed by atoms with Crippen molar-refractivity contribution in [3.05, 3.63) is 36.8 Å². The minimum absolute atomic E-state index is 0.310. The molecule has 5 rings (SSSR count). The first kappa shape index (κ1) is 21.9. The van der Waals surface area contributed by atoms with Gasteiger partial charge in [0.15, 0.2) is 5.82 Å². The predicted molar refractivity (Wildman–Crippen MR) is 125 cm³/mol. The van der Waals surface area contributed by atoms with Crippen molar-refractivity contribution in [3.63, 3.8) is 0 Å². The van der Waals surface area contributed by atoms with Crippen LogP contribution in [-0.2, 0) is 9.47 Å². The second kappa shape index (κ2) is 9.94. The van der Waals surface area contributed by atoms with E-state index in [0.717, 1.165) is 61.4 Å². The maximum absolute atomic E-state index is 5.97. The molecule has 3 aromatic heterocycles. The van der Waals surface area contributed by atoms with E-state index >= 15 is 0 Å². The minimum Gasteiger partial charge on any atom is -0.477 e. The maximum atomic E-state index is 5.97. The van der Waals surface area contributed by atoms with Crippen molar-refractivity contribution in [3.8, 4) is 17.1 Å². The van der Waals surface area contributed by atoms with E-state index in [2.05, 4.69) is 32.5 Å². The monoisotopic (exact) mass is 450 g/mol. The van der Waals surface area contributed by atoms with Gasteiger partial charge in [-0.25, -0.2) is 15.0 Å². The zero-order chi connectivity index (χ0) is 22.5. The lowest BCUT2D eigenvalue weighted by Crippen LogP contribution is -2.51. The fraction of sp³-hybridized carbons (Fsp3) is 0.500. The Labute approximate surface area is 193 Å². The number of rotatable bonds is 7. The van der Waals surface area contributed by atoms with E-state index in [1.807, 2.05) is 18.2 Å². The van der Waals surface area contributed by atoms with Crippen LogP contribution in [0.3, 0.4) is 0 Å². The fourth-order valence-electron chi connectivity index (χ4n) is 4.13. The average Bonchev–Trinajstić information content (AvgIpc) is 2.87. The number of anilines is 1. The Hall–Kier alpha value is -2.88. The molecule has 0 spiro atoms. The molecule has 2 aliphatic rings. The normalized spacial score (nSPS) is 21.7. The largest absolute Gasteiger partial charge is 0.477 e. The Bertz CT molecular complexity index is 1070. The van der Waals surface area contributed by atoms with Crippen molar-refractivity contribution in [2.75, 3.05) is 51.4 Å².